The molecule has 6 heteroatoms. The highest BCUT2D eigenvalue weighted by atomic mass is 32.2. The van der Waals surface area contributed by atoms with Crippen molar-refractivity contribution in [2.24, 2.45) is 5.73 Å². The Balaban J connectivity index is 2.31. The van der Waals surface area contributed by atoms with Gasteiger partial charge in [-0.2, -0.15) is 0 Å². The molecule has 0 amide bonds. The number of carbonyl (C=O) groups is 1. The number of nitrogens with two attached hydrogens (primary N) is 1. The van der Waals surface area contributed by atoms with Gasteiger partial charge in [0.2, 0.25) is 0 Å². The Labute approximate surface area is 135 Å². The van der Waals surface area contributed by atoms with Gasteiger partial charge in [0.1, 0.15) is 5.54 Å². The van der Waals surface area contributed by atoms with Gasteiger partial charge in [-0.25, -0.2) is 8.42 Å². The third-order valence-electron chi connectivity index (χ3n) is 3.63. The summed E-state index contributed by atoms with van der Waals surface area (Å²) in [4.78, 5) is 11.8. The maximum Gasteiger partial charge on any atom is 0.324 e. The van der Waals surface area contributed by atoms with Crippen LogP contribution in [0.25, 0.3) is 0 Å². The van der Waals surface area contributed by atoms with E-state index >= 15 is 0 Å². The van der Waals surface area contributed by atoms with E-state index in [4.69, 9.17) is 5.73 Å². The van der Waals surface area contributed by atoms with Crippen LogP contribution in [0.1, 0.15) is 11.1 Å². The van der Waals surface area contributed by atoms with Gasteiger partial charge < -0.3 is 10.8 Å². The molecule has 2 rings (SSSR count). The van der Waals surface area contributed by atoms with Crippen LogP contribution < -0.4 is 5.73 Å². The first-order chi connectivity index (χ1) is 10.7. The van der Waals surface area contributed by atoms with Gasteiger partial charge in [-0.15, -0.1) is 0 Å². The smallest absolute Gasteiger partial charge is 0.324 e. The van der Waals surface area contributed by atoms with E-state index in [2.05, 4.69) is 0 Å². The van der Waals surface area contributed by atoms with Crippen LogP contribution in [-0.2, 0) is 27.5 Å². The molecular weight excluding hydrogens is 314 g/mol. The Morgan fingerprint density at radius 1 is 1.04 bits per heavy atom. The number of carboxylic acid groups (broad SMARTS) is 1. The van der Waals surface area contributed by atoms with Gasteiger partial charge in [0.05, 0.1) is 4.90 Å². The second-order valence-corrected chi connectivity index (χ2v) is 7.74. The lowest BCUT2D eigenvalue weighted by molar-refractivity contribution is -0.143. The summed E-state index contributed by atoms with van der Waals surface area (Å²) in [5.41, 5.74) is 6.01. The molecule has 1 atom stereocenters. The van der Waals surface area contributed by atoms with Crippen molar-refractivity contribution in [3.63, 3.8) is 0 Å². The second kappa shape index (κ2) is 6.52. The standard InChI is InChI=1S/C17H19NO4S/c1-23(21,22)15-9-5-8-14(10-15)12-17(18,16(19)20)11-13-6-3-2-4-7-13/h2-10H,11-12,18H2,1H3,(H,19,20). The third-order valence-corrected chi connectivity index (χ3v) is 4.74. The van der Waals surface area contributed by atoms with Crippen molar-refractivity contribution < 1.29 is 18.3 Å². The van der Waals surface area contributed by atoms with Crippen molar-refractivity contribution in [2.75, 3.05) is 6.26 Å². The minimum absolute atomic E-state index is 0.0422. The molecule has 5 nitrogen and oxygen atoms in total. The molecule has 0 saturated heterocycles. The van der Waals surface area contributed by atoms with Gasteiger partial charge in [-0.3, -0.25) is 4.79 Å². The van der Waals surface area contributed by atoms with E-state index in [1.807, 2.05) is 30.3 Å². The van der Waals surface area contributed by atoms with Crippen molar-refractivity contribution in [3.8, 4) is 0 Å². The molecule has 0 aliphatic heterocycles. The van der Waals surface area contributed by atoms with Gasteiger partial charge >= 0.3 is 5.97 Å². The van der Waals surface area contributed by atoms with Gasteiger partial charge in [0.15, 0.2) is 9.84 Å². The largest absolute Gasteiger partial charge is 0.480 e. The zero-order chi connectivity index (χ0) is 17.1. The number of benzene rings is 2. The third kappa shape index (κ3) is 4.40. The van der Waals surface area contributed by atoms with Crippen LogP contribution in [-0.4, -0.2) is 31.3 Å². The summed E-state index contributed by atoms with van der Waals surface area (Å²) in [6, 6.07) is 15.4. The molecule has 0 bridgehead atoms. The van der Waals surface area contributed by atoms with Gasteiger partial charge in [0.25, 0.3) is 0 Å². The molecule has 0 aromatic heterocycles. The predicted molar refractivity (Wildman–Crippen MR) is 88.0 cm³/mol. The molecule has 0 fully saturated rings. The van der Waals surface area contributed by atoms with E-state index < -0.39 is 21.3 Å². The molecule has 0 aliphatic rings. The Hall–Kier alpha value is -2.18. The first-order valence-electron chi connectivity index (χ1n) is 7.06. The predicted octanol–water partition coefficient (Wildman–Crippen LogP) is 1.66. The highest BCUT2D eigenvalue weighted by Gasteiger charge is 2.34. The number of rotatable bonds is 6. The van der Waals surface area contributed by atoms with Crippen molar-refractivity contribution in [2.45, 2.75) is 23.3 Å². The fourth-order valence-corrected chi connectivity index (χ4v) is 3.12. The minimum Gasteiger partial charge on any atom is -0.480 e. The first-order valence-corrected chi connectivity index (χ1v) is 8.95. The Morgan fingerprint density at radius 3 is 2.17 bits per heavy atom. The number of aliphatic carboxylic acids is 1. The Bertz CT molecular complexity index is 802. The Morgan fingerprint density at radius 2 is 1.61 bits per heavy atom. The SMILES string of the molecule is CS(=O)(=O)c1cccc(CC(N)(Cc2ccccc2)C(=O)O)c1. The number of hydrogen-bond acceptors (Lipinski definition) is 4. The average molecular weight is 333 g/mol. The monoisotopic (exact) mass is 333 g/mol. The summed E-state index contributed by atoms with van der Waals surface area (Å²) in [6.07, 6.45) is 1.32. The molecule has 3 N–H and O–H groups in total. The van der Waals surface area contributed by atoms with Crippen LogP contribution in [0.4, 0.5) is 0 Å². The van der Waals surface area contributed by atoms with E-state index in [9.17, 15) is 18.3 Å². The molecule has 0 saturated carbocycles. The average Bonchev–Trinajstić information content (AvgIpc) is 2.47. The lowest BCUT2D eigenvalue weighted by atomic mass is 9.85. The van der Waals surface area contributed by atoms with Crippen LogP contribution >= 0.6 is 0 Å². The zero-order valence-corrected chi connectivity index (χ0v) is 13.6. The van der Waals surface area contributed by atoms with E-state index in [-0.39, 0.29) is 17.7 Å². The molecule has 1 unspecified atom stereocenters. The molecule has 0 radical (unpaired) electrons. The van der Waals surface area contributed by atoms with Gasteiger partial charge in [-0.05, 0) is 23.3 Å². The molecule has 122 valence electrons. The summed E-state index contributed by atoms with van der Waals surface area (Å²) in [6.45, 7) is 0. The van der Waals surface area contributed by atoms with Crippen LogP contribution in [0, 0.1) is 0 Å². The molecule has 2 aromatic rings. The van der Waals surface area contributed by atoms with Crippen LogP contribution in [0.2, 0.25) is 0 Å². The van der Waals surface area contributed by atoms with Crippen LogP contribution in [0.3, 0.4) is 0 Å². The van der Waals surface area contributed by atoms with Gasteiger partial charge in [-0.1, -0.05) is 42.5 Å². The summed E-state index contributed by atoms with van der Waals surface area (Å²) in [5.74, 6) is -1.12. The first kappa shape index (κ1) is 17.2. The molecule has 23 heavy (non-hydrogen) atoms. The normalized spacial score (nSPS) is 14.2. The fourth-order valence-electron chi connectivity index (χ4n) is 2.42. The second-order valence-electron chi connectivity index (χ2n) is 5.72. The maximum atomic E-state index is 11.7. The topological polar surface area (TPSA) is 97.5 Å². The minimum atomic E-state index is -3.35. The lowest BCUT2D eigenvalue weighted by Gasteiger charge is -2.25. The zero-order valence-electron chi connectivity index (χ0n) is 12.8. The lowest BCUT2D eigenvalue weighted by Crippen LogP contribution is -2.51. The number of carboxylic acids is 1. The van der Waals surface area contributed by atoms with Crippen LogP contribution in [0.5, 0.6) is 0 Å². The van der Waals surface area contributed by atoms with Crippen molar-refractivity contribution in [1.82, 2.24) is 0 Å². The van der Waals surface area contributed by atoms with Crippen molar-refractivity contribution >= 4 is 15.8 Å². The highest BCUT2D eigenvalue weighted by Crippen LogP contribution is 2.20. The summed E-state index contributed by atoms with van der Waals surface area (Å²) < 4.78 is 23.3. The van der Waals surface area contributed by atoms with E-state index in [1.165, 1.54) is 12.1 Å². The molecule has 2 aromatic carbocycles. The van der Waals surface area contributed by atoms with Crippen molar-refractivity contribution in [3.05, 3.63) is 65.7 Å². The van der Waals surface area contributed by atoms with Crippen molar-refractivity contribution in [1.29, 1.82) is 0 Å². The Kier molecular flexibility index (Phi) is 4.87. The fraction of sp³-hybridized carbons (Fsp3) is 0.235. The quantitative estimate of drug-likeness (QED) is 0.838. The molecule has 0 heterocycles. The molecular formula is C17H19NO4S. The van der Waals surface area contributed by atoms with E-state index in [0.29, 0.717) is 5.56 Å². The molecule has 0 spiro atoms. The van der Waals surface area contributed by atoms with Crippen LogP contribution in [0.15, 0.2) is 59.5 Å². The highest BCUT2D eigenvalue weighted by molar-refractivity contribution is 7.90. The number of sulfone groups is 1. The summed E-state index contributed by atoms with van der Waals surface area (Å²) >= 11 is 0. The van der Waals surface area contributed by atoms with E-state index in [0.717, 1.165) is 11.8 Å². The summed E-state index contributed by atoms with van der Waals surface area (Å²) in [5, 5.41) is 9.54. The maximum absolute atomic E-state index is 11.7. The summed E-state index contributed by atoms with van der Waals surface area (Å²) in [7, 11) is -3.35. The van der Waals surface area contributed by atoms with E-state index in [1.54, 1.807) is 12.1 Å². The molecule has 0 aliphatic carbocycles. The van der Waals surface area contributed by atoms with Gasteiger partial charge in [0, 0.05) is 19.1 Å². The number of hydrogen-bond donors (Lipinski definition) is 2.